The van der Waals surface area contributed by atoms with Crippen molar-refractivity contribution in [3.8, 4) is 0 Å². The Balaban J connectivity index is 2.04. The van der Waals surface area contributed by atoms with Crippen molar-refractivity contribution in [2.75, 3.05) is 6.54 Å². The summed E-state index contributed by atoms with van der Waals surface area (Å²) in [5, 5.41) is 8.88. The molecule has 15 heavy (non-hydrogen) atoms. The van der Waals surface area contributed by atoms with Crippen molar-refractivity contribution in [1.29, 1.82) is 0 Å². The quantitative estimate of drug-likeness (QED) is 0.744. The van der Waals surface area contributed by atoms with Gasteiger partial charge in [-0.15, -0.1) is 0 Å². The number of amides is 1. The van der Waals surface area contributed by atoms with Crippen LogP contribution in [-0.2, 0) is 9.59 Å². The third kappa shape index (κ3) is 1.85. The van der Waals surface area contributed by atoms with Gasteiger partial charge in [0, 0.05) is 19.0 Å². The van der Waals surface area contributed by atoms with Crippen molar-refractivity contribution in [1.82, 2.24) is 4.90 Å². The normalized spacial score (nSPS) is 36.2. The minimum atomic E-state index is -0.837. The van der Waals surface area contributed by atoms with Gasteiger partial charge in [0.2, 0.25) is 5.91 Å². The lowest BCUT2D eigenvalue weighted by atomic mass is 10.1. The Morgan fingerprint density at radius 3 is 2.67 bits per heavy atom. The van der Waals surface area contributed by atoms with Crippen LogP contribution in [0.2, 0.25) is 0 Å². The van der Waals surface area contributed by atoms with Crippen LogP contribution < -0.4 is 0 Å². The summed E-state index contributed by atoms with van der Waals surface area (Å²) in [4.78, 5) is 24.3. The molecule has 4 nitrogen and oxygen atoms in total. The molecule has 1 aliphatic heterocycles. The zero-order valence-electron chi connectivity index (χ0n) is 8.98. The van der Waals surface area contributed by atoms with Crippen LogP contribution in [0, 0.1) is 11.8 Å². The lowest BCUT2D eigenvalue weighted by Gasteiger charge is -2.27. The lowest BCUT2D eigenvalue weighted by Crippen LogP contribution is -2.38. The summed E-state index contributed by atoms with van der Waals surface area (Å²) in [6.45, 7) is 2.57. The molecule has 3 atom stereocenters. The maximum Gasteiger partial charge on any atom is 0.308 e. The molecule has 1 saturated carbocycles. The van der Waals surface area contributed by atoms with Crippen LogP contribution in [0.15, 0.2) is 0 Å². The first kappa shape index (κ1) is 10.5. The Bertz CT molecular complexity index is 290. The molecule has 1 saturated heterocycles. The molecule has 4 heteroatoms. The molecule has 3 unspecified atom stereocenters. The van der Waals surface area contributed by atoms with E-state index in [0.717, 1.165) is 19.3 Å². The number of carboxylic acid groups (broad SMARTS) is 1. The maximum absolute atomic E-state index is 11.7. The molecule has 1 N–H and O–H groups in total. The van der Waals surface area contributed by atoms with E-state index in [-0.39, 0.29) is 12.3 Å². The van der Waals surface area contributed by atoms with Gasteiger partial charge in [-0.25, -0.2) is 0 Å². The van der Waals surface area contributed by atoms with E-state index in [1.165, 1.54) is 0 Å². The van der Waals surface area contributed by atoms with Gasteiger partial charge in [-0.05, 0) is 18.8 Å². The molecule has 0 spiro atoms. The van der Waals surface area contributed by atoms with Gasteiger partial charge in [-0.2, -0.15) is 0 Å². The molecule has 1 aliphatic carbocycles. The second kappa shape index (κ2) is 3.83. The average Bonchev–Trinajstić information content (AvgIpc) is 2.71. The van der Waals surface area contributed by atoms with Gasteiger partial charge in [0.25, 0.3) is 0 Å². The van der Waals surface area contributed by atoms with Gasteiger partial charge < -0.3 is 10.0 Å². The third-order valence-electron chi connectivity index (χ3n) is 3.72. The number of rotatable bonds is 2. The topological polar surface area (TPSA) is 57.6 Å². The van der Waals surface area contributed by atoms with E-state index in [2.05, 4.69) is 6.92 Å². The summed E-state index contributed by atoms with van der Waals surface area (Å²) in [7, 11) is 0. The molecule has 0 bridgehead atoms. The molecular formula is C11H17NO3. The zero-order chi connectivity index (χ0) is 11.0. The van der Waals surface area contributed by atoms with Gasteiger partial charge in [-0.3, -0.25) is 9.59 Å². The minimum Gasteiger partial charge on any atom is -0.481 e. The monoisotopic (exact) mass is 211 g/mol. The van der Waals surface area contributed by atoms with E-state index < -0.39 is 11.9 Å². The number of hydrogen-bond donors (Lipinski definition) is 1. The smallest absolute Gasteiger partial charge is 0.308 e. The second-order valence-electron chi connectivity index (χ2n) is 4.76. The van der Waals surface area contributed by atoms with Crippen molar-refractivity contribution in [3.63, 3.8) is 0 Å². The Hall–Kier alpha value is -1.06. The lowest BCUT2D eigenvalue weighted by molar-refractivity contribution is -0.141. The number of carbonyl (C=O) groups excluding carboxylic acids is 1. The highest BCUT2D eigenvalue weighted by Crippen LogP contribution is 2.33. The summed E-state index contributed by atoms with van der Waals surface area (Å²) < 4.78 is 0. The van der Waals surface area contributed by atoms with E-state index in [1.807, 2.05) is 0 Å². The predicted molar refractivity (Wildman–Crippen MR) is 54.3 cm³/mol. The molecule has 2 rings (SSSR count). The summed E-state index contributed by atoms with van der Waals surface area (Å²) in [6, 6.07) is 0.293. The van der Waals surface area contributed by atoms with Crippen molar-refractivity contribution >= 4 is 11.9 Å². The van der Waals surface area contributed by atoms with Gasteiger partial charge in [0.15, 0.2) is 0 Å². The van der Waals surface area contributed by atoms with Crippen LogP contribution in [0.25, 0.3) is 0 Å². The summed E-state index contributed by atoms with van der Waals surface area (Å²) >= 11 is 0. The van der Waals surface area contributed by atoms with Crippen LogP contribution >= 0.6 is 0 Å². The van der Waals surface area contributed by atoms with Crippen molar-refractivity contribution in [2.24, 2.45) is 11.8 Å². The highest BCUT2D eigenvalue weighted by Gasteiger charge is 2.40. The molecule has 0 radical (unpaired) electrons. The first-order chi connectivity index (χ1) is 7.09. The van der Waals surface area contributed by atoms with Gasteiger partial charge in [0.05, 0.1) is 5.92 Å². The first-order valence-electron chi connectivity index (χ1n) is 5.62. The highest BCUT2D eigenvalue weighted by atomic mass is 16.4. The Kier molecular flexibility index (Phi) is 2.67. The molecular weight excluding hydrogens is 194 g/mol. The fourth-order valence-electron chi connectivity index (χ4n) is 2.81. The van der Waals surface area contributed by atoms with Crippen molar-refractivity contribution in [2.45, 2.75) is 38.6 Å². The zero-order valence-corrected chi connectivity index (χ0v) is 8.98. The van der Waals surface area contributed by atoms with Gasteiger partial charge in [0.1, 0.15) is 0 Å². The van der Waals surface area contributed by atoms with Crippen LogP contribution in [0.4, 0.5) is 0 Å². The van der Waals surface area contributed by atoms with Gasteiger partial charge in [-0.1, -0.05) is 13.3 Å². The van der Waals surface area contributed by atoms with E-state index >= 15 is 0 Å². The number of likely N-dealkylation sites (tertiary alicyclic amines) is 1. The average molecular weight is 211 g/mol. The fraction of sp³-hybridized carbons (Fsp3) is 0.818. The number of aliphatic carboxylic acids is 1. The predicted octanol–water partition coefficient (Wildman–Crippen LogP) is 1.11. The Morgan fingerprint density at radius 2 is 2.20 bits per heavy atom. The highest BCUT2D eigenvalue weighted by molar-refractivity contribution is 5.86. The van der Waals surface area contributed by atoms with E-state index in [9.17, 15) is 9.59 Å². The minimum absolute atomic E-state index is 0.0288. The van der Waals surface area contributed by atoms with Crippen LogP contribution in [0.5, 0.6) is 0 Å². The summed E-state index contributed by atoms with van der Waals surface area (Å²) in [5.41, 5.74) is 0. The molecule has 1 amide bonds. The number of hydrogen-bond acceptors (Lipinski definition) is 2. The number of carboxylic acids is 1. The standard InChI is InChI=1S/C11H17NO3/c1-7-3-2-4-9(7)12-6-8(11(14)15)5-10(12)13/h7-9H,2-6H2,1H3,(H,14,15). The maximum atomic E-state index is 11.7. The second-order valence-corrected chi connectivity index (χ2v) is 4.76. The van der Waals surface area contributed by atoms with Gasteiger partial charge >= 0.3 is 5.97 Å². The van der Waals surface area contributed by atoms with Crippen molar-refractivity contribution < 1.29 is 14.7 Å². The fourth-order valence-corrected chi connectivity index (χ4v) is 2.81. The summed E-state index contributed by atoms with van der Waals surface area (Å²) in [5.74, 6) is -0.760. The Morgan fingerprint density at radius 1 is 1.47 bits per heavy atom. The number of nitrogens with zero attached hydrogens (tertiary/aromatic N) is 1. The summed E-state index contributed by atoms with van der Waals surface area (Å²) in [6.07, 6.45) is 3.55. The molecule has 0 aromatic rings. The molecule has 0 aromatic heterocycles. The van der Waals surface area contributed by atoms with E-state index in [1.54, 1.807) is 4.90 Å². The molecule has 2 fully saturated rings. The molecule has 1 heterocycles. The largest absolute Gasteiger partial charge is 0.481 e. The van der Waals surface area contributed by atoms with E-state index in [4.69, 9.17) is 5.11 Å². The molecule has 84 valence electrons. The Labute approximate surface area is 89.3 Å². The van der Waals surface area contributed by atoms with Crippen LogP contribution in [-0.4, -0.2) is 34.5 Å². The first-order valence-corrected chi connectivity index (χ1v) is 5.62. The van der Waals surface area contributed by atoms with E-state index in [0.29, 0.717) is 18.5 Å². The number of carbonyl (C=O) groups is 2. The SMILES string of the molecule is CC1CCCC1N1CC(C(=O)O)CC1=O. The van der Waals surface area contributed by atoms with Crippen molar-refractivity contribution in [3.05, 3.63) is 0 Å². The van der Waals surface area contributed by atoms with Crippen LogP contribution in [0.1, 0.15) is 32.6 Å². The van der Waals surface area contributed by atoms with Crippen LogP contribution in [0.3, 0.4) is 0 Å². The molecule has 0 aromatic carbocycles. The third-order valence-corrected chi connectivity index (χ3v) is 3.72. The molecule has 2 aliphatic rings.